The summed E-state index contributed by atoms with van der Waals surface area (Å²) in [7, 11) is 0.861. The fourth-order valence-electron chi connectivity index (χ4n) is 1.45. The van der Waals surface area contributed by atoms with Gasteiger partial charge in [-0.15, -0.1) is 0 Å². The van der Waals surface area contributed by atoms with Crippen molar-refractivity contribution in [1.82, 2.24) is 10.3 Å². The van der Waals surface area contributed by atoms with Crippen LogP contribution in [0.25, 0.3) is 0 Å². The fraction of sp³-hybridized carbons (Fsp3) is 0.500. The first-order chi connectivity index (χ1) is 8.93. The number of hydrogen-bond acceptors (Lipinski definition) is 4. The summed E-state index contributed by atoms with van der Waals surface area (Å²) in [4.78, 5) is 16.2. The van der Waals surface area contributed by atoms with Gasteiger partial charge < -0.3 is 10.6 Å². The molecule has 0 aromatic carbocycles. The number of hydrogen-bond donors (Lipinski definition) is 2. The Hall–Kier alpha value is -1.14. The van der Waals surface area contributed by atoms with Gasteiger partial charge in [0, 0.05) is 35.9 Å². The molecule has 2 atom stereocenters. The number of pyridine rings is 1. The fourth-order valence-corrected chi connectivity index (χ4v) is 2.32. The van der Waals surface area contributed by atoms with Crippen LogP contribution < -0.4 is 10.6 Å². The van der Waals surface area contributed by atoms with E-state index in [9.17, 15) is 9.00 Å². The maximum absolute atomic E-state index is 12.0. The minimum Gasteiger partial charge on any atom is -0.373 e. The third kappa shape index (κ3) is 5.16. The Kier molecular flexibility index (Phi) is 6.24. The molecular weight excluding hydrogens is 286 g/mol. The average molecular weight is 304 g/mol. The molecule has 0 radical (unpaired) electrons. The highest BCUT2D eigenvalue weighted by Crippen LogP contribution is 2.16. The van der Waals surface area contributed by atoms with Gasteiger partial charge in [0.25, 0.3) is 5.91 Å². The summed E-state index contributed by atoms with van der Waals surface area (Å²) in [6.45, 7) is 1.86. The maximum atomic E-state index is 12.0. The molecular formula is C12H18ClN3O2S. The number of nitrogens with zero attached hydrogens (tertiary/aromatic N) is 1. The number of nitrogens with one attached hydrogen (secondary N) is 2. The molecule has 0 bridgehead atoms. The monoisotopic (exact) mass is 303 g/mol. The second-order valence-electron chi connectivity index (χ2n) is 4.22. The lowest BCUT2D eigenvalue weighted by molar-refractivity contribution is 0.0934. The molecule has 0 aliphatic carbocycles. The summed E-state index contributed by atoms with van der Waals surface area (Å²) in [6.07, 6.45) is 2.29. The van der Waals surface area contributed by atoms with E-state index in [1.54, 1.807) is 25.4 Å². The molecule has 7 heteroatoms. The molecule has 1 rings (SSSR count). The molecule has 2 N–H and O–H groups in total. The lowest BCUT2D eigenvalue weighted by atomic mass is 10.2. The number of amides is 1. The quantitative estimate of drug-likeness (QED) is 0.838. The van der Waals surface area contributed by atoms with E-state index in [1.165, 1.54) is 0 Å². The topological polar surface area (TPSA) is 71.1 Å². The Balaban J connectivity index is 2.69. The van der Waals surface area contributed by atoms with Gasteiger partial charge in [-0.1, -0.05) is 11.6 Å². The van der Waals surface area contributed by atoms with E-state index >= 15 is 0 Å². The highest BCUT2D eigenvalue weighted by molar-refractivity contribution is 7.84. The van der Waals surface area contributed by atoms with Gasteiger partial charge in [-0.05, 0) is 25.5 Å². The van der Waals surface area contributed by atoms with Crippen molar-refractivity contribution in [3.8, 4) is 0 Å². The molecule has 19 heavy (non-hydrogen) atoms. The molecule has 5 nitrogen and oxygen atoms in total. The third-order valence-corrected chi connectivity index (χ3v) is 3.65. The predicted octanol–water partition coefficient (Wildman–Crippen LogP) is 1.66. The standard InChI is InChI=1S/C12H18ClN3O2S/c1-8(6-7-19(3)18)15-12(17)11-9(13)4-5-10(14-2)16-11/h4-5,8H,6-7H2,1-3H3,(H,14,16)(H,15,17). The van der Waals surface area contributed by atoms with E-state index in [2.05, 4.69) is 15.6 Å². The Morgan fingerprint density at radius 1 is 1.53 bits per heavy atom. The number of rotatable bonds is 6. The molecule has 0 aliphatic heterocycles. The summed E-state index contributed by atoms with van der Waals surface area (Å²) >= 11 is 5.96. The van der Waals surface area contributed by atoms with Crippen LogP contribution in [-0.2, 0) is 10.8 Å². The van der Waals surface area contributed by atoms with Crippen molar-refractivity contribution in [3.05, 3.63) is 22.8 Å². The van der Waals surface area contributed by atoms with Gasteiger partial charge >= 0.3 is 0 Å². The smallest absolute Gasteiger partial charge is 0.271 e. The van der Waals surface area contributed by atoms with Crippen molar-refractivity contribution in [2.45, 2.75) is 19.4 Å². The molecule has 0 saturated carbocycles. The van der Waals surface area contributed by atoms with Crippen molar-refractivity contribution in [2.24, 2.45) is 0 Å². The molecule has 106 valence electrons. The Morgan fingerprint density at radius 2 is 2.21 bits per heavy atom. The Morgan fingerprint density at radius 3 is 2.79 bits per heavy atom. The van der Waals surface area contributed by atoms with Gasteiger partial charge in [-0.3, -0.25) is 9.00 Å². The first-order valence-electron chi connectivity index (χ1n) is 5.89. The lowest BCUT2D eigenvalue weighted by Gasteiger charge is -2.13. The predicted molar refractivity (Wildman–Crippen MR) is 79.3 cm³/mol. The molecule has 1 heterocycles. The number of carbonyl (C=O) groups is 1. The van der Waals surface area contributed by atoms with Crippen molar-refractivity contribution in [2.75, 3.05) is 24.4 Å². The van der Waals surface area contributed by atoms with Crippen molar-refractivity contribution < 1.29 is 9.00 Å². The summed E-state index contributed by atoms with van der Waals surface area (Å²) in [6, 6.07) is 3.25. The maximum Gasteiger partial charge on any atom is 0.271 e. The van der Waals surface area contributed by atoms with Gasteiger partial charge in [0.15, 0.2) is 0 Å². The van der Waals surface area contributed by atoms with Crippen LogP contribution in [0.4, 0.5) is 5.82 Å². The SMILES string of the molecule is CNc1ccc(Cl)c(C(=O)NC(C)CCS(C)=O)n1. The van der Waals surface area contributed by atoms with E-state index in [-0.39, 0.29) is 17.6 Å². The van der Waals surface area contributed by atoms with Crippen LogP contribution in [0.1, 0.15) is 23.8 Å². The van der Waals surface area contributed by atoms with Crippen LogP contribution >= 0.6 is 11.6 Å². The Labute approximate surface area is 120 Å². The highest BCUT2D eigenvalue weighted by Gasteiger charge is 2.15. The van der Waals surface area contributed by atoms with Gasteiger partial charge in [-0.25, -0.2) is 4.98 Å². The first-order valence-corrected chi connectivity index (χ1v) is 7.99. The molecule has 0 fully saturated rings. The van der Waals surface area contributed by atoms with E-state index in [0.29, 0.717) is 23.0 Å². The van der Waals surface area contributed by atoms with E-state index < -0.39 is 10.8 Å². The summed E-state index contributed by atoms with van der Waals surface area (Å²) < 4.78 is 11.0. The average Bonchev–Trinajstić information content (AvgIpc) is 2.36. The van der Waals surface area contributed by atoms with Crippen LogP contribution in [0, 0.1) is 0 Å². The van der Waals surface area contributed by atoms with Crippen molar-refractivity contribution in [3.63, 3.8) is 0 Å². The van der Waals surface area contributed by atoms with Crippen LogP contribution in [0.3, 0.4) is 0 Å². The minimum absolute atomic E-state index is 0.0764. The second kappa shape index (κ2) is 7.45. The summed E-state index contributed by atoms with van der Waals surface area (Å²) in [5.74, 6) is 0.812. The molecule has 0 aliphatic rings. The number of halogens is 1. The Bertz CT molecular complexity index is 482. The highest BCUT2D eigenvalue weighted by atomic mass is 35.5. The zero-order chi connectivity index (χ0) is 14.4. The van der Waals surface area contributed by atoms with Crippen LogP contribution in [0.5, 0.6) is 0 Å². The van der Waals surface area contributed by atoms with Crippen LogP contribution in [0.2, 0.25) is 5.02 Å². The second-order valence-corrected chi connectivity index (χ2v) is 6.18. The molecule has 1 aromatic rings. The first kappa shape index (κ1) is 15.9. The lowest BCUT2D eigenvalue weighted by Crippen LogP contribution is -2.34. The third-order valence-electron chi connectivity index (χ3n) is 2.53. The van der Waals surface area contributed by atoms with Gasteiger partial charge in [0.2, 0.25) is 0 Å². The molecule has 1 amide bonds. The molecule has 1 aromatic heterocycles. The molecule has 0 saturated heterocycles. The van der Waals surface area contributed by atoms with Crippen LogP contribution in [0.15, 0.2) is 12.1 Å². The zero-order valence-electron chi connectivity index (χ0n) is 11.2. The van der Waals surface area contributed by atoms with Gasteiger partial charge in [0.05, 0.1) is 5.02 Å². The molecule has 2 unspecified atom stereocenters. The summed E-state index contributed by atoms with van der Waals surface area (Å²) in [5.41, 5.74) is 0.193. The molecule has 0 spiro atoms. The largest absolute Gasteiger partial charge is 0.373 e. The number of aromatic nitrogens is 1. The van der Waals surface area contributed by atoms with Crippen molar-refractivity contribution in [1.29, 1.82) is 0 Å². The number of anilines is 1. The van der Waals surface area contributed by atoms with E-state index in [1.807, 2.05) is 6.92 Å². The summed E-state index contributed by atoms with van der Waals surface area (Å²) in [5, 5.41) is 5.96. The zero-order valence-corrected chi connectivity index (χ0v) is 12.8. The van der Waals surface area contributed by atoms with Crippen LogP contribution in [-0.4, -0.2) is 40.2 Å². The van der Waals surface area contributed by atoms with Gasteiger partial charge in [0.1, 0.15) is 11.5 Å². The van der Waals surface area contributed by atoms with E-state index in [4.69, 9.17) is 11.6 Å². The number of carbonyl (C=O) groups excluding carboxylic acids is 1. The van der Waals surface area contributed by atoms with E-state index in [0.717, 1.165) is 0 Å². The van der Waals surface area contributed by atoms with Gasteiger partial charge in [-0.2, -0.15) is 0 Å². The van der Waals surface area contributed by atoms with Crippen molar-refractivity contribution >= 4 is 34.1 Å². The normalized spacial score (nSPS) is 13.7. The minimum atomic E-state index is -0.858.